The van der Waals surface area contributed by atoms with Gasteiger partial charge in [0.2, 0.25) is 0 Å². The minimum absolute atomic E-state index is 0.0156. The molecule has 0 saturated heterocycles. The Hall–Kier alpha value is -1.78. The smallest absolute Gasteiger partial charge is 0.405 e. The minimum atomic E-state index is -0.967. The number of pyridine rings is 1. The summed E-state index contributed by atoms with van der Waals surface area (Å²) < 4.78 is 6.20. The highest BCUT2D eigenvalue weighted by Gasteiger charge is 2.40. The van der Waals surface area contributed by atoms with Gasteiger partial charge in [0.05, 0.1) is 0 Å². The maximum atomic E-state index is 11.8. The van der Waals surface area contributed by atoms with Gasteiger partial charge in [-0.05, 0) is 31.9 Å². The third-order valence-corrected chi connectivity index (χ3v) is 2.68. The van der Waals surface area contributed by atoms with Crippen LogP contribution in [-0.4, -0.2) is 10.7 Å². The van der Waals surface area contributed by atoms with Gasteiger partial charge in [-0.25, -0.2) is 4.79 Å². The topological polar surface area (TPSA) is 74.3 Å². The molecule has 0 radical (unpaired) electrons. The Labute approximate surface area is 86.5 Å². The SMILES string of the molecule is CC1(n2cccc(OC(N)=O)c2=O)CC1. The molecule has 1 aliphatic carbocycles. The van der Waals surface area contributed by atoms with Gasteiger partial charge in [0.15, 0.2) is 5.75 Å². The largest absolute Gasteiger partial charge is 0.410 e. The lowest BCUT2D eigenvalue weighted by Crippen LogP contribution is -2.30. The van der Waals surface area contributed by atoms with E-state index in [-0.39, 0.29) is 16.8 Å². The van der Waals surface area contributed by atoms with Gasteiger partial charge < -0.3 is 15.0 Å². The quantitative estimate of drug-likeness (QED) is 0.781. The second kappa shape index (κ2) is 3.12. The number of nitrogens with zero attached hydrogens (tertiary/aromatic N) is 1. The van der Waals surface area contributed by atoms with Crippen molar-refractivity contribution in [1.82, 2.24) is 4.57 Å². The number of rotatable bonds is 2. The fourth-order valence-corrected chi connectivity index (χ4v) is 1.51. The van der Waals surface area contributed by atoms with Crippen molar-refractivity contribution in [1.29, 1.82) is 0 Å². The fraction of sp³-hybridized carbons (Fsp3) is 0.400. The van der Waals surface area contributed by atoms with Gasteiger partial charge in [-0.15, -0.1) is 0 Å². The predicted octanol–water partition coefficient (Wildman–Crippen LogP) is 0.815. The average Bonchev–Trinajstić information content (AvgIpc) is 2.88. The fourth-order valence-electron chi connectivity index (χ4n) is 1.51. The lowest BCUT2D eigenvalue weighted by molar-refractivity contribution is 0.209. The summed E-state index contributed by atoms with van der Waals surface area (Å²) in [5.74, 6) is -0.0156. The summed E-state index contributed by atoms with van der Waals surface area (Å²) in [4.78, 5) is 22.4. The van der Waals surface area contributed by atoms with Crippen LogP contribution < -0.4 is 16.0 Å². The van der Waals surface area contributed by atoms with Crippen LogP contribution in [-0.2, 0) is 5.54 Å². The summed E-state index contributed by atoms with van der Waals surface area (Å²) in [5, 5.41) is 0. The maximum absolute atomic E-state index is 11.8. The molecule has 80 valence electrons. The second-order valence-electron chi connectivity index (χ2n) is 3.97. The van der Waals surface area contributed by atoms with E-state index in [2.05, 4.69) is 4.74 Å². The van der Waals surface area contributed by atoms with Crippen LogP contribution in [0.5, 0.6) is 5.75 Å². The Morgan fingerprint density at radius 1 is 1.60 bits per heavy atom. The summed E-state index contributed by atoms with van der Waals surface area (Å²) in [6, 6.07) is 3.11. The van der Waals surface area contributed by atoms with E-state index in [1.165, 1.54) is 6.07 Å². The number of carbonyl (C=O) groups excluding carboxylic acids is 1. The zero-order valence-corrected chi connectivity index (χ0v) is 8.40. The van der Waals surface area contributed by atoms with Gasteiger partial charge in [-0.1, -0.05) is 0 Å². The Bertz CT molecular complexity index is 460. The summed E-state index contributed by atoms with van der Waals surface area (Å²) in [6.07, 6.45) is 2.66. The number of ether oxygens (including phenoxy) is 1. The standard InChI is InChI=1S/C10H12N2O3/c1-10(4-5-10)12-6-2-3-7(8(12)13)15-9(11)14/h2-3,6H,4-5H2,1H3,(H2,11,14). The van der Waals surface area contributed by atoms with Gasteiger partial charge in [0, 0.05) is 11.7 Å². The van der Waals surface area contributed by atoms with Gasteiger partial charge >= 0.3 is 6.09 Å². The van der Waals surface area contributed by atoms with E-state index in [0.717, 1.165) is 12.8 Å². The molecule has 0 atom stereocenters. The van der Waals surface area contributed by atoms with E-state index in [0.29, 0.717) is 0 Å². The molecule has 15 heavy (non-hydrogen) atoms. The predicted molar refractivity (Wildman–Crippen MR) is 53.8 cm³/mol. The molecule has 1 aliphatic rings. The van der Waals surface area contributed by atoms with Gasteiger partial charge in [0.1, 0.15) is 0 Å². The van der Waals surface area contributed by atoms with Crippen LogP contribution in [0.3, 0.4) is 0 Å². The highest BCUT2D eigenvalue weighted by atomic mass is 16.5. The van der Waals surface area contributed by atoms with Crippen molar-refractivity contribution in [3.63, 3.8) is 0 Å². The van der Waals surface area contributed by atoms with Crippen LogP contribution in [0, 0.1) is 0 Å². The molecule has 0 unspecified atom stereocenters. The summed E-state index contributed by atoms with van der Waals surface area (Å²) in [7, 11) is 0. The molecule has 0 spiro atoms. The third kappa shape index (κ3) is 1.72. The molecule has 1 amide bonds. The van der Waals surface area contributed by atoms with Crippen LogP contribution in [0.4, 0.5) is 4.79 Å². The first-order chi connectivity index (χ1) is 7.03. The lowest BCUT2D eigenvalue weighted by atomic mass is 10.3. The molecule has 5 nitrogen and oxygen atoms in total. The van der Waals surface area contributed by atoms with Crippen LogP contribution in [0.1, 0.15) is 19.8 Å². The van der Waals surface area contributed by atoms with Crippen LogP contribution in [0.2, 0.25) is 0 Å². The van der Waals surface area contributed by atoms with Crippen LogP contribution in [0.15, 0.2) is 23.1 Å². The molecular weight excluding hydrogens is 196 g/mol. The Kier molecular flexibility index (Phi) is 2.03. The van der Waals surface area contributed by atoms with E-state index in [4.69, 9.17) is 5.73 Å². The molecule has 0 bridgehead atoms. The zero-order chi connectivity index (χ0) is 11.1. The average molecular weight is 208 g/mol. The molecule has 2 rings (SSSR count). The molecule has 5 heteroatoms. The molecule has 1 aromatic rings. The van der Waals surface area contributed by atoms with E-state index in [1.54, 1.807) is 16.8 Å². The normalized spacial score (nSPS) is 17.1. The minimum Gasteiger partial charge on any atom is -0.405 e. The first-order valence-corrected chi connectivity index (χ1v) is 4.72. The lowest BCUT2D eigenvalue weighted by Gasteiger charge is -2.13. The molecule has 0 aromatic carbocycles. The van der Waals surface area contributed by atoms with Gasteiger partial charge in [-0.3, -0.25) is 4.79 Å². The zero-order valence-electron chi connectivity index (χ0n) is 8.40. The van der Waals surface area contributed by atoms with E-state index in [1.807, 2.05) is 6.92 Å². The Morgan fingerprint density at radius 2 is 2.27 bits per heavy atom. The molecule has 0 aliphatic heterocycles. The van der Waals surface area contributed by atoms with E-state index >= 15 is 0 Å². The molecule has 1 heterocycles. The van der Waals surface area contributed by atoms with Crippen LogP contribution in [0.25, 0.3) is 0 Å². The first-order valence-electron chi connectivity index (χ1n) is 4.72. The maximum Gasteiger partial charge on any atom is 0.410 e. The molecule has 1 saturated carbocycles. The number of nitrogens with two attached hydrogens (primary N) is 1. The van der Waals surface area contributed by atoms with Crippen LogP contribution >= 0.6 is 0 Å². The molecular formula is C10H12N2O3. The van der Waals surface area contributed by atoms with Crippen molar-refractivity contribution in [3.8, 4) is 5.75 Å². The number of carbonyl (C=O) groups is 1. The van der Waals surface area contributed by atoms with Crippen molar-refractivity contribution < 1.29 is 9.53 Å². The summed E-state index contributed by atoms with van der Waals surface area (Å²) >= 11 is 0. The van der Waals surface area contributed by atoms with Crippen molar-refractivity contribution in [3.05, 3.63) is 28.7 Å². The van der Waals surface area contributed by atoms with E-state index in [9.17, 15) is 9.59 Å². The second-order valence-corrected chi connectivity index (χ2v) is 3.97. The number of aromatic nitrogens is 1. The monoisotopic (exact) mass is 208 g/mol. The third-order valence-electron chi connectivity index (χ3n) is 2.68. The van der Waals surface area contributed by atoms with Gasteiger partial charge in [0.25, 0.3) is 5.56 Å². The number of primary amides is 1. The van der Waals surface area contributed by atoms with Crippen molar-refractivity contribution >= 4 is 6.09 Å². The summed E-state index contributed by atoms with van der Waals surface area (Å²) in [6.45, 7) is 1.99. The first kappa shape index (κ1) is 9.76. The highest BCUT2D eigenvalue weighted by Crippen LogP contribution is 2.41. The molecule has 1 fully saturated rings. The summed E-state index contributed by atoms with van der Waals surface area (Å²) in [5.41, 5.74) is 4.43. The number of amides is 1. The Morgan fingerprint density at radius 3 is 2.80 bits per heavy atom. The van der Waals surface area contributed by atoms with Gasteiger partial charge in [-0.2, -0.15) is 0 Å². The number of hydrogen-bond acceptors (Lipinski definition) is 3. The van der Waals surface area contributed by atoms with Crippen molar-refractivity contribution in [2.24, 2.45) is 5.73 Å². The molecule has 1 aromatic heterocycles. The Balaban J connectivity index is 2.42. The van der Waals surface area contributed by atoms with Crippen molar-refractivity contribution in [2.45, 2.75) is 25.3 Å². The van der Waals surface area contributed by atoms with Crippen molar-refractivity contribution in [2.75, 3.05) is 0 Å². The molecule has 2 N–H and O–H groups in total. The highest BCUT2D eigenvalue weighted by molar-refractivity contribution is 5.67. The van der Waals surface area contributed by atoms with E-state index < -0.39 is 6.09 Å². The number of hydrogen-bond donors (Lipinski definition) is 1.